The molecule has 0 spiro atoms. The molecule has 0 saturated carbocycles. The van der Waals surface area contributed by atoms with Crippen LogP contribution in [0.1, 0.15) is 57.8 Å². The zero-order valence-corrected chi connectivity index (χ0v) is 15.8. The Kier molecular flexibility index (Phi) is 7.00. The van der Waals surface area contributed by atoms with Crippen LogP contribution in [0.5, 0.6) is 0 Å². The molecule has 0 aromatic heterocycles. The molecule has 5 heteroatoms. The molecule has 134 valence electrons. The van der Waals surface area contributed by atoms with Crippen LogP contribution in [-0.4, -0.2) is 72.8 Å². The predicted molar refractivity (Wildman–Crippen MR) is 98.5 cm³/mol. The average molecular weight is 341 g/mol. The van der Waals surface area contributed by atoms with E-state index in [0.717, 1.165) is 18.9 Å². The largest absolute Gasteiger partial charge is 0.320 e. The van der Waals surface area contributed by atoms with Gasteiger partial charge in [0.25, 0.3) is 0 Å². The van der Waals surface area contributed by atoms with Gasteiger partial charge in [-0.15, -0.1) is 0 Å². The topological polar surface area (TPSA) is 26.8 Å². The first-order valence-corrected chi connectivity index (χ1v) is 12.2. The molecule has 23 heavy (non-hydrogen) atoms. The Labute approximate surface area is 142 Å². The van der Waals surface area contributed by atoms with Crippen molar-refractivity contribution in [2.45, 2.75) is 57.8 Å². The van der Waals surface area contributed by atoms with Crippen molar-refractivity contribution in [1.82, 2.24) is 14.7 Å². The monoisotopic (exact) mass is 341 g/mol. The highest BCUT2D eigenvalue weighted by molar-refractivity contribution is 7.63. The zero-order chi connectivity index (χ0) is 16.0. The van der Waals surface area contributed by atoms with E-state index in [4.69, 9.17) is 0 Å². The molecule has 3 aliphatic rings. The van der Waals surface area contributed by atoms with Crippen LogP contribution in [0.2, 0.25) is 0 Å². The van der Waals surface area contributed by atoms with E-state index in [1.165, 1.54) is 97.1 Å². The highest BCUT2D eigenvalue weighted by Gasteiger charge is 2.31. The number of nitrogens with zero attached hydrogens (tertiary/aromatic N) is 3. The van der Waals surface area contributed by atoms with E-state index >= 15 is 0 Å². The van der Waals surface area contributed by atoms with Crippen LogP contribution in [0.15, 0.2) is 0 Å². The fourth-order valence-electron chi connectivity index (χ4n) is 4.53. The second-order valence-electron chi connectivity index (χ2n) is 8.02. The molecule has 3 aliphatic heterocycles. The first-order valence-electron chi connectivity index (χ1n) is 9.98. The fourth-order valence-corrected chi connectivity index (χ4v) is 7.83. The summed E-state index contributed by atoms with van der Waals surface area (Å²) in [5.74, 6) is 0. The number of rotatable bonds is 6. The van der Waals surface area contributed by atoms with Gasteiger partial charge in [-0.05, 0) is 77.8 Å². The number of piperidine rings is 3. The van der Waals surface area contributed by atoms with Gasteiger partial charge in [0, 0.05) is 0 Å². The molecule has 3 fully saturated rings. The van der Waals surface area contributed by atoms with Crippen molar-refractivity contribution >= 4 is 7.14 Å². The lowest BCUT2D eigenvalue weighted by molar-refractivity contribution is 0.230. The first kappa shape index (κ1) is 17.9. The summed E-state index contributed by atoms with van der Waals surface area (Å²) in [6, 6.07) is 0. The minimum atomic E-state index is -2.15. The van der Waals surface area contributed by atoms with Crippen molar-refractivity contribution in [1.29, 1.82) is 0 Å². The molecule has 4 nitrogen and oxygen atoms in total. The minimum absolute atomic E-state index is 0.875. The van der Waals surface area contributed by atoms with Crippen molar-refractivity contribution < 1.29 is 4.57 Å². The van der Waals surface area contributed by atoms with Gasteiger partial charge in [-0.1, -0.05) is 19.3 Å². The maximum absolute atomic E-state index is 13.9. The molecule has 0 amide bonds. The van der Waals surface area contributed by atoms with Gasteiger partial charge < -0.3 is 4.57 Å². The molecular weight excluding hydrogens is 305 g/mol. The maximum Gasteiger partial charge on any atom is 0.127 e. The first-order chi connectivity index (χ1) is 11.2. The third kappa shape index (κ3) is 5.85. The molecule has 3 saturated heterocycles. The van der Waals surface area contributed by atoms with Gasteiger partial charge in [0.05, 0.1) is 18.9 Å². The molecule has 0 aliphatic carbocycles. The third-order valence-corrected chi connectivity index (χ3v) is 8.47. The van der Waals surface area contributed by atoms with E-state index in [0.29, 0.717) is 0 Å². The summed E-state index contributed by atoms with van der Waals surface area (Å²) in [6.07, 6.45) is 14.5. The Bertz CT molecular complexity index is 329. The zero-order valence-electron chi connectivity index (χ0n) is 14.9. The Morgan fingerprint density at radius 2 is 0.739 bits per heavy atom. The summed E-state index contributed by atoms with van der Waals surface area (Å²) in [5, 5.41) is 0. The number of likely N-dealkylation sites (tertiary alicyclic amines) is 3. The predicted octanol–water partition coefficient (Wildman–Crippen LogP) is 3.68. The van der Waals surface area contributed by atoms with Crippen LogP contribution < -0.4 is 0 Å². The van der Waals surface area contributed by atoms with Gasteiger partial charge in [0.2, 0.25) is 0 Å². The molecule has 0 bridgehead atoms. The summed E-state index contributed by atoms with van der Waals surface area (Å²) < 4.78 is 13.9. The van der Waals surface area contributed by atoms with E-state index in [1.807, 2.05) is 0 Å². The second kappa shape index (κ2) is 8.99. The third-order valence-electron chi connectivity index (χ3n) is 5.72. The van der Waals surface area contributed by atoms with E-state index in [2.05, 4.69) is 14.7 Å². The summed E-state index contributed by atoms with van der Waals surface area (Å²) in [7, 11) is -2.15. The SMILES string of the molecule is O=P(CN1CCCCC1)(CN1CCCCC1)CN1CCCCC1. The van der Waals surface area contributed by atoms with Crippen LogP contribution >= 0.6 is 7.14 Å². The molecule has 0 aromatic carbocycles. The normalized spacial score (nSPS) is 26.4. The molecule has 3 rings (SSSR count). The van der Waals surface area contributed by atoms with Gasteiger partial charge in [-0.3, -0.25) is 14.7 Å². The fraction of sp³-hybridized carbons (Fsp3) is 1.00. The minimum Gasteiger partial charge on any atom is -0.320 e. The summed E-state index contributed by atoms with van der Waals surface area (Å²) in [6.45, 7) is 7.02. The summed E-state index contributed by atoms with van der Waals surface area (Å²) in [4.78, 5) is 7.54. The molecule has 0 N–H and O–H groups in total. The Balaban J connectivity index is 1.61. The Hall–Kier alpha value is 0.110. The maximum atomic E-state index is 13.9. The van der Waals surface area contributed by atoms with Crippen LogP contribution in [0.4, 0.5) is 0 Å². The van der Waals surface area contributed by atoms with Crippen molar-refractivity contribution in [2.75, 3.05) is 58.1 Å². The Morgan fingerprint density at radius 3 is 1.00 bits per heavy atom. The molecule has 0 unspecified atom stereocenters. The smallest absolute Gasteiger partial charge is 0.127 e. The van der Waals surface area contributed by atoms with Crippen molar-refractivity contribution in [3.63, 3.8) is 0 Å². The highest BCUT2D eigenvalue weighted by Crippen LogP contribution is 2.48. The van der Waals surface area contributed by atoms with E-state index in [1.54, 1.807) is 0 Å². The quantitative estimate of drug-likeness (QED) is 0.689. The lowest BCUT2D eigenvalue weighted by Crippen LogP contribution is -2.39. The average Bonchev–Trinajstić information content (AvgIpc) is 2.57. The van der Waals surface area contributed by atoms with Crippen molar-refractivity contribution in [3.8, 4) is 0 Å². The van der Waals surface area contributed by atoms with Gasteiger partial charge in [0.15, 0.2) is 0 Å². The summed E-state index contributed by atoms with van der Waals surface area (Å²) in [5.41, 5.74) is 0. The molecule has 3 heterocycles. The van der Waals surface area contributed by atoms with Gasteiger partial charge in [0.1, 0.15) is 7.14 Å². The molecule has 0 radical (unpaired) electrons. The lowest BCUT2D eigenvalue weighted by atomic mass is 10.1. The van der Waals surface area contributed by atoms with Crippen LogP contribution in [-0.2, 0) is 4.57 Å². The highest BCUT2D eigenvalue weighted by atomic mass is 31.2. The van der Waals surface area contributed by atoms with E-state index < -0.39 is 7.14 Å². The Morgan fingerprint density at radius 1 is 0.478 bits per heavy atom. The van der Waals surface area contributed by atoms with Crippen LogP contribution in [0.3, 0.4) is 0 Å². The summed E-state index contributed by atoms with van der Waals surface area (Å²) >= 11 is 0. The second-order valence-corrected chi connectivity index (χ2v) is 11.0. The van der Waals surface area contributed by atoms with E-state index in [9.17, 15) is 4.57 Å². The van der Waals surface area contributed by atoms with E-state index in [-0.39, 0.29) is 0 Å². The van der Waals surface area contributed by atoms with Crippen molar-refractivity contribution in [2.24, 2.45) is 0 Å². The van der Waals surface area contributed by atoms with Crippen LogP contribution in [0, 0.1) is 0 Å². The van der Waals surface area contributed by atoms with Gasteiger partial charge in [-0.2, -0.15) is 0 Å². The molecule has 0 aromatic rings. The van der Waals surface area contributed by atoms with Gasteiger partial charge in [-0.25, -0.2) is 0 Å². The standard InChI is InChI=1S/C18H36N3OP/c22-23(16-19-10-4-1-5-11-19,17-20-12-6-2-7-13-20)18-21-14-8-3-9-15-21/h1-18H2. The lowest BCUT2D eigenvalue weighted by Gasteiger charge is -2.38. The van der Waals surface area contributed by atoms with Crippen molar-refractivity contribution in [3.05, 3.63) is 0 Å². The number of hydrogen-bond acceptors (Lipinski definition) is 4. The number of hydrogen-bond donors (Lipinski definition) is 0. The molecule has 0 atom stereocenters. The molecular formula is C18H36N3OP. The van der Waals surface area contributed by atoms with Gasteiger partial charge >= 0.3 is 0 Å². The van der Waals surface area contributed by atoms with Crippen LogP contribution in [0.25, 0.3) is 0 Å².